The third kappa shape index (κ3) is 2.28. The fraction of sp³-hybridized carbons (Fsp3) is 0.286. The molecule has 1 aliphatic rings. The van der Waals surface area contributed by atoms with E-state index in [0.29, 0.717) is 30.4 Å². The Hall–Kier alpha value is -2.90. The molecule has 0 radical (unpaired) electrons. The molecule has 1 saturated heterocycles. The van der Waals surface area contributed by atoms with Gasteiger partial charge in [0, 0.05) is 24.1 Å². The maximum Gasteiger partial charge on any atom is 0.326 e. The van der Waals surface area contributed by atoms with E-state index in [9.17, 15) is 19.7 Å². The summed E-state index contributed by atoms with van der Waals surface area (Å²) >= 11 is 0. The maximum atomic E-state index is 12.4. The number of nitro benzene ring substituents is 1. The van der Waals surface area contributed by atoms with E-state index in [4.69, 9.17) is 9.52 Å². The summed E-state index contributed by atoms with van der Waals surface area (Å²) < 4.78 is 5.40. The van der Waals surface area contributed by atoms with Crippen molar-refractivity contribution in [2.45, 2.75) is 18.9 Å². The normalized spacial score (nSPS) is 17.8. The summed E-state index contributed by atoms with van der Waals surface area (Å²) in [6.45, 7) is 0.354. The number of furan rings is 1. The number of fused-ring (bicyclic) bond motifs is 1. The van der Waals surface area contributed by atoms with Crippen molar-refractivity contribution >= 4 is 28.5 Å². The lowest BCUT2D eigenvalue weighted by Gasteiger charge is -2.19. The highest BCUT2D eigenvalue weighted by Gasteiger charge is 2.35. The number of likely N-dealkylation sites (tertiary alicyclic amines) is 1. The second-order valence-electron chi connectivity index (χ2n) is 5.08. The van der Waals surface area contributed by atoms with Gasteiger partial charge in [-0.25, -0.2) is 4.79 Å². The Morgan fingerprint density at radius 2 is 2.14 bits per heavy atom. The number of non-ortho nitro benzene ring substituents is 1. The first-order valence-corrected chi connectivity index (χ1v) is 6.69. The Bertz CT molecular complexity index is 781. The van der Waals surface area contributed by atoms with Gasteiger partial charge in [-0.15, -0.1) is 0 Å². The molecule has 0 unspecified atom stereocenters. The van der Waals surface area contributed by atoms with Crippen LogP contribution in [0.2, 0.25) is 0 Å². The van der Waals surface area contributed by atoms with Gasteiger partial charge in [0.25, 0.3) is 11.6 Å². The highest BCUT2D eigenvalue weighted by molar-refractivity contribution is 5.98. The van der Waals surface area contributed by atoms with E-state index >= 15 is 0 Å². The summed E-state index contributed by atoms with van der Waals surface area (Å²) in [4.78, 5) is 35.0. The molecule has 8 heteroatoms. The molecule has 0 spiro atoms. The average Bonchev–Trinajstić information content (AvgIpc) is 3.12. The first-order valence-electron chi connectivity index (χ1n) is 6.69. The number of aliphatic carboxylic acids is 1. The second-order valence-corrected chi connectivity index (χ2v) is 5.08. The Balaban J connectivity index is 1.94. The first kappa shape index (κ1) is 14.1. The lowest BCUT2D eigenvalue weighted by molar-refractivity contribution is -0.384. The number of carboxylic acid groups (broad SMARTS) is 1. The quantitative estimate of drug-likeness (QED) is 0.685. The van der Waals surface area contributed by atoms with Crippen LogP contribution in [0.1, 0.15) is 23.4 Å². The molecule has 1 fully saturated rings. The largest absolute Gasteiger partial charge is 0.480 e. The van der Waals surface area contributed by atoms with Crippen LogP contribution >= 0.6 is 0 Å². The van der Waals surface area contributed by atoms with Crippen molar-refractivity contribution in [3.63, 3.8) is 0 Å². The SMILES string of the molecule is O=C(O)[C@H]1CCCN1C(=O)c1cc2cc([N+](=O)[O-])ccc2o1. The lowest BCUT2D eigenvalue weighted by atomic mass is 10.2. The Morgan fingerprint density at radius 3 is 2.82 bits per heavy atom. The van der Waals surface area contributed by atoms with E-state index in [-0.39, 0.29) is 11.4 Å². The smallest absolute Gasteiger partial charge is 0.326 e. The number of hydrogen-bond donors (Lipinski definition) is 1. The minimum Gasteiger partial charge on any atom is -0.480 e. The number of carbonyl (C=O) groups excluding carboxylic acids is 1. The molecule has 1 aromatic carbocycles. The van der Waals surface area contributed by atoms with E-state index in [2.05, 4.69) is 0 Å². The van der Waals surface area contributed by atoms with Crippen molar-refractivity contribution < 1.29 is 24.0 Å². The molecule has 1 atom stereocenters. The summed E-state index contributed by atoms with van der Waals surface area (Å²) in [6.07, 6.45) is 1.03. The van der Waals surface area contributed by atoms with Gasteiger partial charge in [-0.05, 0) is 25.0 Å². The van der Waals surface area contributed by atoms with E-state index < -0.39 is 22.8 Å². The molecule has 2 aromatic rings. The van der Waals surface area contributed by atoms with Crippen molar-refractivity contribution in [1.82, 2.24) is 4.90 Å². The van der Waals surface area contributed by atoms with Crippen LogP contribution < -0.4 is 0 Å². The molecule has 1 aromatic heterocycles. The summed E-state index contributed by atoms with van der Waals surface area (Å²) in [5.41, 5.74) is 0.247. The fourth-order valence-corrected chi connectivity index (χ4v) is 2.66. The van der Waals surface area contributed by atoms with Gasteiger partial charge in [0.05, 0.1) is 4.92 Å². The van der Waals surface area contributed by atoms with Gasteiger partial charge in [-0.3, -0.25) is 14.9 Å². The van der Waals surface area contributed by atoms with Crippen molar-refractivity contribution in [2.75, 3.05) is 6.54 Å². The zero-order valence-corrected chi connectivity index (χ0v) is 11.4. The maximum absolute atomic E-state index is 12.4. The molecule has 8 nitrogen and oxygen atoms in total. The van der Waals surface area contributed by atoms with Gasteiger partial charge >= 0.3 is 5.97 Å². The molecular formula is C14H12N2O6. The van der Waals surface area contributed by atoms with Gasteiger partial charge in [0.1, 0.15) is 11.6 Å². The number of benzene rings is 1. The van der Waals surface area contributed by atoms with Crippen molar-refractivity contribution in [1.29, 1.82) is 0 Å². The van der Waals surface area contributed by atoms with Gasteiger partial charge in [0.2, 0.25) is 0 Å². The Labute approximate surface area is 124 Å². The number of carboxylic acids is 1. The summed E-state index contributed by atoms with van der Waals surface area (Å²) in [7, 11) is 0. The fourth-order valence-electron chi connectivity index (χ4n) is 2.66. The molecule has 22 heavy (non-hydrogen) atoms. The third-order valence-electron chi connectivity index (χ3n) is 3.72. The number of rotatable bonds is 3. The molecule has 0 bridgehead atoms. The van der Waals surface area contributed by atoms with Crippen LogP contribution in [0.25, 0.3) is 11.0 Å². The lowest BCUT2D eigenvalue weighted by Crippen LogP contribution is -2.40. The zero-order valence-electron chi connectivity index (χ0n) is 11.4. The standard InChI is InChI=1S/C14H12N2O6/c17-13(15-5-1-2-10(15)14(18)19)12-7-8-6-9(16(20)21)3-4-11(8)22-12/h3-4,6-7,10H,1-2,5H2,(H,18,19)/t10-/m1/s1. The summed E-state index contributed by atoms with van der Waals surface area (Å²) in [6, 6.07) is 4.57. The number of nitrogens with zero attached hydrogens (tertiary/aromatic N) is 2. The number of hydrogen-bond acceptors (Lipinski definition) is 5. The number of amides is 1. The molecule has 0 aliphatic carbocycles. The van der Waals surface area contributed by atoms with Crippen LogP contribution in [0.15, 0.2) is 28.7 Å². The third-order valence-corrected chi connectivity index (χ3v) is 3.72. The summed E-state index contributed by atoms with van der Waals surface area (Å²) in [5, 5.41) is 20.3. The first-order chi connectivity index (χ1) is 10.5. The highest BCUT2D eigenvalue weighted by Crippen LogP contribution is 2.27. The van der Waals surface area contributed by atoms with Crippen LogP contribution in [0.3, 0.4) is 0 Å². The summed E-state index contributed by atoms with van der Waals surface area (Å²) in [5.74, 6) is -1.56. The average molecular weight is 304 g/mol. The van der Waals surface area contributed by atoms with Gasteiger partial charge < -0.3 is 14.4 Å². The molecule has 0 saturated carbocycles. The van der Waals surface area contributed by atoms with Gasteiger partial charge in [0.15, 0.2) is 5.76 Å². The minimum absolute atomic E-state index is 0.0105. The molecule has 1 aliphatic heterocycles. The molecule has 114 valence electrons. The van der Waals surface area contributed by atoms with E-state index in [0.717, 1.165) is 0 Å². The Morgan fingerprint density at radius 1 is 1.36 bits per heavy atom. The van der Waals surface area contributed by atoms with Crippen molar-refractivity contribution in [3.05, 3.63) is 40.1 Å². The molecular weight excluding hydrogens is 292 g/mol. The van der Waals surface area contributed by atoms with Crippen molar-refractivity contribution in [2.24, 2.45) is 0 Å². The molecule has 1 N–H and O–H groups in total. The van der Waals surface area contributed by atoms with Gasteiger partial charge in [-0.1, -0.05) is 0 Å². The monoisotopic (exact) mass is 304 g/mol. The van der Waals surface area contributed by atoms with Crippen LogP contribution in [0, 0.1) is 10.1 Å². The zero-order chi connectivity index (χ0) is 15.9. The molecule has 1 amide bonds. The van der Waals surface area contributed by atoms with Crippen LogP contribution in [0.4, 0.5) is 5.69 Å². The highest BCUT2D eigenvalue weighted by atomic mass is 16.6. The predicted molar refractivity (Wildman–Crippen MR) is 74.6 cm³/mol. The van der Waals surface area contributed by atoms with Gasteiger partial charge in [-0.2, -0.15) is 0 Å². The molecule has 3 rings (SSSR count). The second kappa shape index (κ2) is 5.14. The van der Waals surface area contributed by atoms with Crippen molar-refractivity contribution in [3.8, 4) is 0 Å². The predicted octanol–water partition coefficient (Wildman–Crippen LogP) is 2.03. The number of carbonyl (C=O) groups is 2. The Kier molecular flexibility index (Phi) is 3.28. The van der Waals surface area contributed by atoms with E-state index in [1.54, 1.807) is 0 Å². The van der Waals surface area contributed by atoms with Crippen LogP contribution in [0.5, 0.6) is 0 Å². The number of nitro groups is 1. The van der Waals surface area contributed by atoms with E-state index in [1.807, 2.05) is 0 Å². The topological polar surface area (TPSA) is 114 Å². The van der Waals surface area contributed by atoms with Crippen LogP contribution in [-0.2, 0) is 4.79 Å². The molecule has 2 heterocycles. The van der Waals surface area contributed by atoms with E-state index in [1.165, 1.54) is 29.2 Å². The van der Waals surface area contributed by atoms with Crippen LogP contribution in [-0.4, -0.2) is 39.4 Å². The minimum atomic E-state index is -1.04.